The van der Waals surface area contributed by atoms with E-state index in [4.69, 9.17) is 24.0 Å². The highest BCUT2D eigenvalue weighted by Crippen LogP contribution is 2.70. The Kier molecular flexibility index (Phi) is 8.37. The third-order valence-electron chi connectivity index (χ3n) is 12.0. The predicted octanol–water partition coefficient (Wildman–Crippen LogP) is 5.76. The first-order chi connectivity index (χ1) is 26.6. The van der Waals surface area contributed by atoms with Crippen LogP contribution in [0.5, 0.6) is 0 Å². The number of fused-ring (bicyclic) bond motifs is 2. The number of anilines is 1. The number of benzene rings is 3. The molecule has 6 heterocycles. The summed E-state index contributed by atoms with van der Waals surface area (Å²) in [5, 5.41) is 9.62. The molecular formula is C41H43N7O6S2. The minimum Gasteiger partial charge on any atom is -0.369 e. The average Bonchev–Trinajstić information content (AvgIpc) is 4.00. The highest BCUT2D eigenvalue weighted by molar-refractivity contribution is 7.89. The number of hydrogen-bond donors (Lipinski definition) is 0. The number of aromatic nitrogens is 6. The smallest absolute Gasteiger partial charge is 0.296 e. The quantitative estimate of drug-likeness (QED) is 0.156. The van der Waals surface area contributed by atoms with Crippen LogP contribution in [0.4, 0.5) is 5.69 Å². The zero-order valence-corrected chi connectivity index (χ0v) is 33.5. The van der Waals surface area contributed by atoms with Crippen molar-refractivity contribution in [2.45, 2.75) is 74.2 Å². The van der Waals surface area contributed by atoms with Gasteiger partial charge in [0.15, 0.2) is 17.3 Å². The molecule has 3 aliphatic heterocycles. The Morgan fingerprint density at radius 3 is 2.23 bits per heavy atom. The van der Waals surface area contributed by atoms with Gasteiger partial charge >= 0.3 is 0 Å². The normalized spacial score (nSPS) is 24.9. The molecule has 3 aromatic carbocycles. The van der Waals surface area contributed by atoms with Crippen LogP contribution in [-0.4, -0.2) is 71.9 Å². The monoisotopic (exact) mass is 793 g/mol. The molecule has 56 heavy (non-hydrogen) atoms. The Labute approximate surface area is 326 Å². The van der Waals surface area contributed by atoms with E-state index in [2.05, 4.69) is 47.3 Å². The van der Waals surface area contributed by atoms with Gasteiger partial charge in [-0.25, -0.2) is 14.5 Å². The fourth-order valence-corrected chi connectivity index (χ4v) is 11.1. The van der Waals surface area contributed by atoms with Gasteiger partial charge in [-0.3, -0.25) is 4.18 Å². The van der Waals surface area contributed by atoms with E-state index in [9.17, 15) is 16.8 Å². The average molecular weight is 794 g/mol. The summed E-state index contributed by atoms with van der Waals surface area (Å²) in [4.78, 5) is 12.2. The molecule has 290 valence electrons. The zero-order valence-electron chi connectivity index (χ0n) is 31.9. The second-order valence-corrected chi connectivity index (χ2v) is 19.4. The number of ether oxygens (including phenoxy) is 1. The van der Waals surface area contributed by atoms with Crippen molar-refractivity contribution in [3.05, 3.63) is 131 Å². The van der Waals surface area contributed by atoms with Gasteiger partial charge in [0.05, 0.1) is 40.8 Å². The van der Waals surface area contributed by atoms with Crippen LogP contribution in [0.25, 0.3) is 5.65 Å². The Bertz CT molecular complexity index is 2720. The van der Waals surface area contributed by atoms with Crippen molar-refractivity contribution < 1.29 is 25.8 Å². The van der Waals surface area contributed by atoms with E-state index in [-0.39, 0.29) is 40.1 Å². The van der Waals surface area contributed by atoms with Crippen LogP contribution in [-0.2, 0) is 40.1 Å². The summed E-state index contributed by atoms with van der Waals surface area (Å²) < 4.78 is 69.7. The van der Waals surface area contributed by atoms with Gasteiger partial charge in [-0.1, -0.05) is 72.6 Å². The number of rotatable bonds is 10. The molecular weight excluding hydrogens is 751 g/mol. The van der Waals surface area contributed by atoms with E-state index in [1.807, 2.05) is 33.0 Å². The molecule has 4 atom stereocenters. The molecule has 0 amide bonds. The second kappa shape index (κ2) is 12.8. The Morgan fingerprint density at radius 2 is 1.54 bits per heavy atom. The van der Waals surface area contributed by atoms with Crippen LogP contribution in [0.3, 0.4) is 0 Å². The van der Waals surface area contributed by atoms with Crippen molar-refractivity contribution in [2.24, 2.45) is 5.41 Å². The van der Waals surface area contributed by atoms with Crippen molar-refractivity contribution in [1.82, 2.24) is 28.8 Å². The minimum atomic E-state index is -4.14. The first-order valence-electron chi connectivity index (χ1n) is 18.7. The standard InChI is InChI=1S/C41H43N7O6S2/c1-27-11-15-33(16-12-27)55(49,50)48-30(4)42-36(44-48)35-40(26-54-56(51,52)34-17-13-28(2)14-18-34)23-41(35,53-25-40)38-43-37-29(3)21-32(22-47(37)45-38)46-20-19-39(5,24-46)31-9-7-6-8-10-31/h6-18,21-22,35H,19-20,23-26H2,1-5H3/t35?,39-,40?,41?/m0/s1. The maximum absolute atomic E-state index is 13.9. The molecule has 6 aromatic rings. The number of aryl methyl sites for hydroxylation is 4. The van der Waals surface area contributed by atoms with Gasteiger partial charge in [0.2, 0.25) is 0 Å². The fourth-order valence-electron chi connectivity index (χ4n) is 8.83. The fraction of sp³-hybridized carbons (Fsp3) is 0.366. The van der Waals surface area contributed by atoms with E-state index >= 15 is 0 Å². The van der Waals surface area contributed by atoms with E-state index in [0.29, 0.717) is 17.9 Å². The molecule has 3 unspecified atom stereocenters. The van der Waals surface area contributed by atoms with Crippen molar-refractivity contribution in [3.8, 4) is 0 Å². The summed E-state index contributed by atoms with van der Waals surface area (Å²) in [5.74, 6) is 0.00989. The molecule has 1 saturated carbocycles. The number of nitrogens with zero attached hydrogens (tertiary/aromatic N) is 7. The largest absolute Gasteiger partial charge is 0.369 e. The van der Waals surface area contributed by atoms with Gasteiger partial charge in [-0.15, -0.1) is 14.3 Å². The molecule has 13 nitrogen and oxygen atoms in total. The summed E-state index contributed by atoms with van der Waals surface area (Å²) in [5.41, 5.74) is 3.69. The molecule has 4 aliphatic rings. The second-order valence-electron chi connectivity index (χ2n) is 16.0. The first-order valence-corrected chi connectivity index (χ1v) is 21.5. The Hall–Kier alpha value is -4.96. The number of pyridine rings is 1. The van der Waals surface area contributed by atoms with E-state index in [0.717, 1.165) is 46.0 Å². The lowest BCUT2D eigenvalue weighted by atomic mass is 9.53. The highest BCUT2D eigenvalue weighted by atomic mass is 32.2. The summed E-state index contributed by atoms with van der Waals surface area (Å²) in [6.07, 6.45) is 3.32. The van der Waals surface area contributed by atoms with Crippen LogP contribution in [0, 0.1) is 33.1 Å². The minimum absolute atomic E-state index is 0.00720. The molecule has 10 rings (SSSR count). The molecule has 3 saturated heterocycles. The van der Waals surface area contributed by atoms with Gasteiger partial charge in [0.25, 0.3) is 20.1 Å². The predicted molar refractivity (Wildman–Crippen MR) is 209 cm³/mol. The van der Waals surface area contributed by atoms with Gasteiger partial charge in [-0.2, -0.15) is 16.8 Å². The summed E-state index contributed by atoms with van der Waals surface area (Å²) in [6.45, 7) is 11.3. The topological polar surface area (TPSA) is 151 Å². The molecule has 0 N–H and O–H groups in total. The van der Waals surface area contributed by atoms with E-state index in [1.165, 1.54) is 29.8 Å². The van der Waals surface area contributed by atoms with Crippen molar-refractivity contribution >= 4 is 31.5 Å². The molecule has 4 fully saturated rings. The van der Waals surface area contributed by atoms with Gasteiger partial charge in [-0.05, 0) is 82.0 Å². The Balaban J connectivity index is 1.08. The first kappa shape index (κ1) is 36.7. The molecule has 0 spiro atoms. The zero-order chi connectivity index (χ0) is 39.3. The van der Waals surface area contributed by atoms with Gasteiger partial charge in [0.1, 0.15) is 11.4 Å². The molecule has 2 bridgehead atoms. The molecule has 15 heteroatoms. The van der Waals surface area contributed by atoms with Gasteiger partial charge in [0, 0.05) is 23.9 Å². The van der Waals surface area contributed by atoms with Crippen LogP contribution in [0.15, 0.2) is 101 Å². The third kappa shape index (κ3) is 5.77. The third-order valence-corrected chi connectivity index (χ3v) is 14.9. The summed E-state index contributed by atoms with van der Waals surface area (Å²) >= 11 is 0. The molecule has 3 aromatic heterocycles. The summed E-state index contributed by atoms with van der Waals surface area (Å²) in [7, 11) is -8.24. The highest BCUT2D eigenvalue weighted by Gasteiger charge is 2.75. The van der Waals surface area contributed by atoms with Crippen LogP contribution < -0.4 is 4.90 Å². The lowest BCUT2D eigenvalue weighted by Gasteiger charge is -2.49. The van der Waals surface area contributed by atoms with E-state index < -0.39 is 37.1 Å². The lowest BCUT2D eigenvalue weighted by Crippen LogP contribution is -2.54. The van der Waals surface area contributed by atoms with Gasteiger partial charge < -0.3 is 9.64 Å². The van der Waals surface area contributed by atoms with Crippen molar-refractivity contribution in [3.63, 3.8) is 0 Å². The summed E-state index contributed by atoms with van der Waals surface area (Å²) in [6, 6.07) is 25.7. The molecule has 0 radical (unpaired) electrons. The SMILES string of the molecule is Cc1ccc(S(=O)(=O)OCC23COC(c4nc5c(C)cc(N6CC[C@](C)(c7ccccc7)C6)cn5n4)(C2)C3c2nc(C)n(S(=O)(=O)c3ccc(C)cc3)n2)cc1. The maximum Gasteiger partial charge on any atom is 0.296 e. The number of hydrogen-bond acceptors (Lipinski definition) is 11. The van der Waals surface area contributed by atoms with Crippen LogP contribution in [0.2, 0.25) is 0 Å². The lowest BCUT2D eigenvalue weighted by molar-refractivity contribution is -0.0680. The van der Waals surface area contributed by atoms with Crippen LogP contribution >= 0.6 is 0 Å². The maximum atomic E-state index is 13.9. The van der Waals surface area contributed by atoms with Crippen molar-refractivity contribution in [2.75, 3.05) is 31.2 Å². The Morgan fingerprint density at radius 1 is 0.857 bits per heavy atom. The van der Waals surface area contributed by atoms with Crippen LogP contribution in [0.1, 0.15) is 65.4 Å². The molecule has 1 aliphatic carbocycles. The van der Waals surface area contributed by atoms with Crippen molar-refractivity contribution in [1.29, 1.82) is 0 Å². The van der Waals surface area contributed by atoms with E-state index in [1.54, 1.807) is 35.7 Å².